The van der Waals surface area contributed by atoms with Gasteiger partial charge in [-0.3, -0.25) is 5.10 Å². The van der Waals surface area contributed by atoms with E-state index in [0.29, 0.717) is 22.5 Å². The van der Waals surface area contributed by atoms with Gasteiger partial charge in [0.05, 0.1) is 7.11 Å². The van der Waals surface area contributed by atoms with Crippen LogP contribution in [0.25, 0.3) is 0 Å². The van der Waals surface area contributed by atoms with Crippen molar-refractivity contribution < 1.29 is 4.74 Å². The van der Waals surface area contributed by atoms with Crippen LogP contribution in [0.4, 0.5) is 23.1 Å². The molecule has 2 aromatic heterocycles. The van der Waals surface area contributed by atoms with Crippen molar-refractivity contribution in [2.24, 2.45) is 0 Å². The standard InChI is InChI=1S/C21H28N8OS/c1-14-13-17(27-26-14)23-19-18(30-4)20(29-11-9-28(3)10-12-29)25-21(24-19)31-16-7-5-15(22-2)6-8-16/h5-8,13,22H,9-12H2,1-4H3,(H2,23,24,25,26,27). The fourth-order valence-electron chi connectivity index (χ4n) is 3.37. The molecule has 0 atom stereocenters. The Bertz CT molecular complexity index is 1010. The highest BCUT2D eigenvalue weighted by atomic mass is 32.2. The van der Waals surface area contributed by atoms with Crippen molar-refractivity contribution in [2.45, 2.75) is 17.0 Å². The Labute approximate surface area is 186 Å². The van der Waals surface area contributed by atoms with Crippen molar-refractivity contribution in [1.29, 1.82) is 0 Å². The highest BCUT2D eigenvalue weighted by Crippen LogP contribution is 2.38. The number of rotatable bonds is 7. The number of hydrogen-bond acceptors (Lipinski definition) is 9. The van der Waals surface area contributed by atoms with E-state index in [-0.39, 0.29) is 0 Å². The molecule has 164 valence electrons. The number of piperazine rings is 1. The van der Waals surface area contributed by atoms with Crippen molar-refractivity contribution in [3.05, 3.63) is 36.0 Å². The molecule has 0 saturated carbocycles. The summed E-state index contributed by atoms with van der Waals surface area (Å²) < 4.78 is 5.77. The van der Waals surface area contributed by atoms with Crippen LogP contribution in [0.3, 0.4) is 0 Å². The molecule has 0 aliphatic carbocycles. The maximum atomic E-state index is 5.77. The van der Waals surface area contributed by atoms with E-state index in [4.69, 9.17) is 14.7 Å². The van der Waals surface area contributed by atoms with Gasteiger partial charge in [0.1, 0.15) is 0 Å². The molecule has 0 unspecified atom stereocenters. The summed E-state index contributed by atoms with van der Waals surface area (Å²) in [6.07, 6.45) is 0. The zero-order valence-corrected chi connectivity index (χ0v) is 19.1. The van der Waals surface area contributed by atoms with Gasteiger partial charge >= 0.3 is 0 Å². The zero-order valence-electron chi connectivity index (χ0n) is 18.3. The van der Waals surface area contributed by atoms with Gasteiger partial charge in [-0.1, -0.05) is 0 Å². The minimum Gasteiger partial charge on any atom is -0.490 e. The lowest BCUT2D eigenvalue weighted by molar-refractivity contribution is 0.309. The first kappa shape index (κ1) is 21.3. The number of nitrogens with one attached hydrogen (secondary N) is 3. The molecule has 3 heterocycles. The number of anilines is 4. The zero-order chi connectivity index (χ0) is 21.8. The Kier molecular flexibility index (Phi) is 6.47. The Hall–Kier alpha value is -2.98. The Balaban J connectivity index is 1.70. The lowest BCUT2D eigenvalue weighted by Crippen LogP contribution is -2.45. The normalized spacial score (nSPS) is 14.5. The number of nitrogens with zero attached hydrogens (tertiary/aromatic N) is 5. The third-order valence-corrected chi connectivity index (χ3v) is 6.01. The summed E-state index contributed by atoms with van der Waals surface area (Å²) in [5, 5.41) is 14.3. The Morgan fingerprint density at radius 3 is 2.45 bits per heavy atom. The lowest BCUT2D eigenvalue weighted by atomic mass is 10.3. The first-order valence-corrected chi connectivity index (χ1v) is 11.0. The van der Waals surface area contributed by atoms with Crippen molar-refractivity contribution in [1.82, 2.24) is 25.1 Å². The van der Waals surface area contributed by atoms with E-state index >= 15 is 0 Å². The average molecular weight is 441 g/mol. The minimum absolute atomic E-state index is 0.604. The van der Waals surface area contributed by atoms with Crippen LogP contribution in [-0.4, -0.2) is 72.4 Å². The van der Waals surface area contributed by atoms with Crippen molar-refractivity contribution >= 4 is 34.9 Å². The molecule has 1 saturated heterocycles. The summed E-state index contributed by atoms with van der Waals surface area (Å²) in [4.78, 5) is 15.3. The van der Waals surface area contributed by atoms with Gasteiger partial charge in [0, 0.05) is 55.6 Å². The number of methoxy groups -OCH3 is 1. The molecule has 0 bridgehead atoms. The number of hydrogen-bond donors (Lipinski definition) is 3. The first-order chi connectivity index (χ1) is 15.1. The van der Waals surface area contributed by atoms with Crippen LogP contribution < -0.4 is 20.3 Å². The average Bonchev–Trinajstić information content (AvgIpc) is 3.19. The van der Waals surface area contributed by atoms with E-state index in [1.54, 1.807) is 7.11 Å². The Morgan fingerprint density at radius 2 is 1.84 bits per heavy atom. The van der Waals surface area contributed by atoms with Crippen LogP contribution in [-0.2, 0) is 0 Å². The van der Waals surface area contributed by atoms with Crippen molar-refractivity contribution in [3.8, 4) is 5.75 Å². The van der Waals surface area contributed by atoms with Gasteiger partial charge in [0.25, 0.3) is 0 Å². The molecule has 3 aromatic rings. The van der Waals surface area contributed by atoms with Crippen LogP contribution in [0.5, 0.6) is 5.75 Å². The van der Waals surface area contributed by atoms with Crippen LogP contribution in [0, 0.1) is 6.92 Å². The van der Waals surface area contributed by atoms with E-state index in [2.05, 4.69) is 49.8 Å². The van der Waals surface area contributed by atoms with Gasteiger partial charge in [-0.15, -0.1) is 0 Å². The van der Waals surface area contributed by atoms with Gasteiger partial charge in [-0.25, -0.2) is 9.97 Å². The molecule has 0 radical (unpaired) electrons. The molecule has 31 heavy (non-hydrogen) atoms. The van der Waals surface area contributed by atoms with E-state index in [1.807, 2.05) is 32.2 Å². The number of aromatic amines is 1. The highest BCUT2D eigenvalue weighted by Gasteiger charge is 2.24. The largest absolute Gasteiger partial charge is 0.490 e. The van der Waals surface area contributed by atoms with Gasteiger partial charge < -0.3 is 25.2 Å². The monoisotopic (exact) mass is 440 g/mol. The molecule has 3 N–H and O–H groups in total. The number of ether oxygens (including phenoxy) is 1. The molecule has 0 amide bonds. The fourth-order valence-corrected chi connectivity index (χ4v) is 4.12. The van der Waals surface area contributed by atoms with Crippen LogP contribution >= 0.6 is 11.8 Å². The second kappa shape index (κ2) is 9.44. The molecule has 9 nitrogen and oxygen atoms in total. The molecule has 1 fully saturated rings. The summed E-state index contributed by atoms with van der Waals surface area (Å²) in [6, 6.07) is 10.1. The predicted octanol–water partition coefficient (Wildman–Crippen LogP) is 3.21. The molecule has 1 aliphatic heterocycles. The first-order valence-electron chi connectivity index (χ1n) is 10.2. The highest BCUT2D eigenvalue weighted by molar-refractivity contribution is 7.99. The maximum Gasteiger partial charge on any atom is 0.204 e. The van der Waals surface area contributed by atoms with Crippen LogP contribution in [0.2, 0.25) is 0 Å². The lowest BCUT2D eigenvalue weighted by Gasteiger charge is -2.34. The molecule has 1 aromatic carbocycles. The number of benzene rings is 1. The summed E-state index contributed by atoms with van der Waals surface area (Å²) in [7, 11) is 5.70. The van der Waals surface area contributed by atoms with Gasteiger partial charge in [-0.05, 0) is 50.0 Å². The summed E-state index contributed by atoms with van der Waals surface area (Å²) in [6.45, 7) is 5.67. The number of likely N-dealkylation sites (N-methyl/N-ethyl adjacent to an activating group) is 1. The van der Waals surface area contributed by atoms with Crippen LogP contribution in [0.1, 0.15) is 5.69 Å². The molecule has 4 rings (SSSR count). The second-order valence-corrected chi connectivity index (χ2v) is 8.48. The predicted molar refractivity (Wildman–Crippen MR) is 125 cm³/mol. The number of aryl methyl sites for hydroxylation is 1. The molecule has 1 aliphatic rings. The maximum absolute atomic E-state index is 5.77. The summed E-state index contributed by atoms with van der Waals surface area (Å²) in [5.74, 6) is 2.72. The quantitative estimate of drug-likeness (QED) is 0.479. The van der Waals surface area contributed by atoms with Gasteiger partial charge in [-0.2, -0.15) is 5.10 Å². The summed E-state index contributed by atoms with van der Waals surface area (Å²) >= 11 is 1.52. The second-order valence-electron chi connectivity index (χ2n) is 7.44. The third kappa shape index (κ3) is 5.02. The SMILES string of the molecule is CNc1ccc(Sc2nc(Nc3cc(C)[nH]n3)c(OC)c(N3CCN(C)CC3)n2)cc1. The molecule has 10 heteroatoms. The van der Waals surface area contributed by atoms with Crippen LogP contribution in [0.15, 0.2) is 40.4 Å². The Morgan fingerprint density at radius 1 is 1.10 bits per heavy atom. The van der Waals surface area contributed by atoms with E-state index in [9.17, 15) is 0 Å². The fraction of sp³-hybridized carbons (Fsp3) is 0.381. The van der Waals surface area contributed by atoms with Gasteiger partial charge in [0.2, 0.25) is 5.75 Å². The summed E-state index contributed by atoms with van der Waals surface area (Å²) in [5.41, 5.74) is 2.03. The number of H-pyrrole nitrogens is 1. The van der Waals surface area contributed by atoms with Crippen molar-refractivity contribution in [2.75, 3.05) is 62.9 Å². The third-order valence-electron chi connectivity index (χ3n) is 5.14. The van der Waals surface area contributed by atoms with E-state index in [0.717, 1.165) is 48.3 Å². The minimum atomic E-state index is 0.604. The molecular weight excluding hydrogens is 412 g/mol. The smallest absolute Gasteiger partial charge is 0.204 e. The van der Waals surface area contributed by atoms with E-state index in [1.165, 1.54) is 11.8 Å². The molecule has 0 spiro atoms. The topological polar surface area (TPSA) is 94.2 Å². The van der Waals surface area contributed by atoms with Crippen molar-refractivity contribution in [3.63, 3.8) is 0 Å². The van der Waals surface area contributed by atoms with E-state index < -0.39 is 0 Å². The molecular formula is C21H28N8OS. The number of aromatic nitrogens is 4. The van der Waals surface area contributed by atoms with Gasteiger partial charge in [0.15, 0.2) is 22.6 Å².